The largest absolute Gasteiger partial charge is 0.292 e. The van der Waals surface area contributed by atoms with Gasteiger partial charge in [0.1, 0.15) is 5.01 Å². The highest BCUT2D eigenvalue weighted by Gasteiger charge is 2.29. The number of aromatic nitrogens is 1. The number of likely N-dealkylation sites (tertiary alicyclic amines) is 1. The smallest absolute Gasteiger partial charge is 0.110 e. The molecule has 1 aromatic rings. The third kappa shape index (κ3) is 1.76. The maximum absolute atomic E-state index is 4.41. The highest BCUT2D eigenvalue weighted by Crippen LogP contribution is 2.34. The molecule has 0 spiro atoms. The summed E-state index contributed by atoms with van der Waals surface area (Å²) in [5.41, 5.74) is 0. The fraction of sp³-hybridized carbons (Fsp3) is 0.700. The molecule has 1 aromatic heterocycles. The Bertz CT molecular complexity index is 256. The number of thiazole rings is 1. The summed E-state index contributed by atoms with van der Waals surface area (Å²) >= 11 is 1.79. The van der Waals surface area contributed by atoms with Gasteiger partial charge in [-0.1, -0.05) is 0 Å². The van der Waals surface area contributed by atoms with Crippen LogP contribution < -0.4 is 0 Å². The van der Waals surface area contributed by atoms with E-state index in [4.69, 9.17) is 0 Å². The molecule has 1 saturated heterocycles. The molecule has 1 aliphatic heterocycles. The van der Waals surface area contributed by atoms with Crippen molar-refractivity contribution >= 4 is 11.3 Å². The lowest BCUT2D eigenvalue weighted by atomic mass is 10.2. The molecule has 0 aliphatic carbocycles. The van der Waals surface area contributed by atoms with Gasteiger partial charge >= 0.3 is 0 Å². The first-order valence-corrected chi connectivity index (χ1v) is 5.82. The van der Waals surface area contributed by atoms with Crippen LogP contribution in [0, 0.1) is 0 Å². The molecule has 1 atom stereocenters. The van der Waals surface area contributed by atoms with Gasteiger partial charge in [-0.3, -0.25) is 4.90 Å². The van der Waals surface area contributed by atoms with E-state index in [2.05, 4.69) is 29.1 Å². The van der Waals surface area contributed by atoms with Gasteiger partial charge in [0.05, 0.1) is 6.04 Å². The summed E-state index contributed by atoms with van der Waals surface area (Å²) in [6, 6.07) is 1.25. The maximum Gasteiger partial charge on any atom is 0.110 e. The minimum atomic E-state index is 0.597. The van der Waals surface area contributed by atoms with Crippen molar-refractivity contribution in [3.8, 4) is 0 Å². The second kappa shape index (κ2) is 3.76. The van der Waals surface area contributed by atoms with Crippen LogP contribution in [0.15, 0.2) is 11.6 Å². The Hall–Kier alpha value is -0.410. The molecule has 2 rings (SSSR count). The van der Waals surface area contributed by atoms with E-state index in [0.717, 1.165) is 0 Å². The van der Waals surface area contributed by atoms with E-state index in [0.29, 0.717) is 12.1 Å². The van der Waals surface area contributed by atoms with Crippen molar-refractivity contribution in [1.29, 1.82) is 0 Å². The molecule has 0 bridgehead atoms. The molecule has 1 aliphatic rings. The van der Waals surface area contributed by atoms with Crippen LogP contribution in [-0.4, -0.2) is 22.5 Å². The number of hydrogen-bond acceptors (Lipinski definition) is 3. The molecule has 0 saturated carbocycles. The first kappa shape index (κ1) is 9.16. The number of nitrogens with zero attached hydrogens (tertiary/aromatic N) is 2. The lowest BCUT2D eigenvalue weighted by Crippen LogP contribution is -2.30. The Labute approximate surface area is 83.6 Å². The lowest BCUT2D eigenvalue weighted by Gasteiger charge is -2.26. The second-order valence-corrected chi connectivity index (χ2v) is 4.79. The van der Waals surface area contributed by atoms with Crippen LogP contribution >= 0.6 is 11.3 Å². The van der Waals surface area contributed by atoms with Gasteiger partial charge in [0.2, 0.25) is 0 Å². The van der Waals surface area contributed by atoms with Gasteiger partial charge in [0.15, 0.2) is 0 Å². The van der Waals surface area contributed by atoms with Crippen molar-refractivity contribution in [3.05, 3.63) is 16.6 Å². The average molecular weight is 196 g/mol. The summed E-state index contributed by atoms with van der Waals surface area (Å²) in [6.07, 6.45) is 4.52. The first-order valence-electron chi connectivity index (χ1n) is 4.94. The summed E-state index contributed by atoms with van der Waals surface area (Å²) in [6.45, 7) is 5.78. The van der Waals surface area contributed by atoms with E-state index in [1.807, 2.05) is 6.20 Å². The molecule has 0 N–H and O–H groups in total. The molecular formula is C10H16N2S. The fourth-order valence-corrected chi connectivity index (χ4v) is 2.86. The number of rotatable bonds is 2. The summed E-state index contributed by atoms with van der Waals surface area (Å²) in [4.78, 5) is 6.96. The molecule has 2 nitrogen and oxygen atoms in total. The van der Waals surface area contributed by atoms with Crippen molar-refractivity contribution in [2.45, 2.75) is 38.8 Å². The lowest BCUT2D eigenvalue weighted by molar-refractivity contribution is 0.205. The summed E-state index contributed by atoms with van der Waals surface area (Å²) < 4.78 is 0. The van der Waals surface area contributed by atoms with Crippen molar-refractivity contribution in [1.82, 2.24) is 9.88 Å². The van der Waals surface area contributed by atoms with Crippen LogP contribution in [0.5, 0.6) is 0 Å². The summed E-state index contributed by atoms with van der Waals surface area (Å²) in [7, 11) is 0. The van der Waals surface area contributed by atoms with E-state index in [1.54, 1.807) is 11.3 Å². The Morgan fingerprint density at radius 3 is 3.08 bits per heavy atom. The van der Waals surface area contributed by atoms with Crippen molar-refractivity contribution in [3.63, 3.8) is 0 Å². The highest BCUT2D eigenvalue weighted by atomic mass is 32.1. The van der Waals surface area contributed by atoms with Gasteiger partial charge in [0, 0.05) is 17.6 Å². The molecule has 2 heterocycles. The molecule has 0 aromatic carbocycles. The first-order chi connectivity index (χ1) is 6.29. The monoisotopic (exact) mass is 196 g/mol. The molecule has 0 unspecified atom stereocenters. The van der Waals surface area contributed by atoms with Crippen LogP contribution in [0.25, 0.3) is 0 Å². The van der Waals surface area contributed by atoms with Gasteiger partial charge < -0.3 is 0 Å². The summed E-state index contributed by atoms with van der Waals surface area (Å²) in [5, 5.41) is 3.37. The third-order valence-corrected chi connectivity index (χ3v) is 3.57. The topological polar surface area (TPSA) is 16.1 Å². The SMILES string of the molecule is CC(C)N1CCC[C@@H]1c1nccs1. The zero-order valence-electron chi connectivity index (χ0n) is 8.23. The fourth-order valence-electron chi connectivity index (χ4n) is 2.07. The third-order valence-electron chi connectivity index (χ3n) is 2.69. The van der Waals surface area contributed by atoms with Gasteiger partial charge in [-0.25, -0.2) is 4.98 Å². The molecule has 1 fully saturated rings. The van der Waals surface area contributed by atoms with Gasteiger partial charge in [0.25, 0.3) is 0 Å². The van der Waals surface area contributed by atoms with Crippen LogP contribution in [0.1, 0.15) is 37.7 Å². The average Bonchev–Trinajstić information content (AvgIpc) is 2.74. The Morgan fingerprint density at radius 1 is 1.62 bits per heavy atom. The molecular weight excluding hydrogens is 180 g/mol. The van der Waals surface area contributed by atoms with E-state index in [9.17, 15) is 0 Å². The van der Waals surface area contributed by atoms with Crippen LogP contribution in [0.3, 0.4) is 0 Å². The van der Waals surface area contributed by atoms with Gasteiger partial charge in [-0.05, 0) is 33.2 Å². The van der Waals surface area contributed by atoms with Gasteiger partial charge in [-0.15, -0.1) is 11.3 Å². The molecule has 3 heteroatoms. The van der Waals surface area contributed by atoms with E-state index >= 15 is 0 Å². The molecule has 0 radical (unpaired) electrons. The zero-order chi connectivity index (χ0) is 9.26. The van der Waals surface area contributed by atoms with E-state index in [1.165, 1.54) is 24.4 Å². The maximum atomic E-state index is 4.41. The van der Waals surface area contributed by atoms with E-state index < -0.39 is 0 Å². The minimum absolute atomic E-state index is 0.597. The Balaban J connectivity index is 2.14. The van der Waals surface area contributed by atoms with Crippen molar-refractivity contribution < 1.29 is 0 Å². The molecule has 72 valence electrons. The quantitative estimate of drug-likeness (QED) is 0.723. The normalized spacial score (nSPS) is 24.4. The van der Waals surface area contributed by atoms with Crippen molar-refractivity contribution in [2.75, 3.05) is 6.54 Å². The Morgan fingerprint density at radius 2 is 2.46 bits per heavy atom. The predicted octanol–water partition coefficient (Wildman–Crippen LogP) is 2.69. The van der Waals surface area contributed by atoms with E-state index in [-0.39, 0.29) is 0 Å². The highest BCUT2D eigenvalue weighted by molar-refractivity contribution is 7.09. The van der Waals surface area contributed by atoms with Crippen LogP contribution in [0.2, 0.25) is 0 Å². The van der Waals surface area contributed by atoms with Crippen LogP contribution in [-0.2, 0) is 0 Å². The predicted molar refractivity (Wildman–Crippen MR) is 55.9 cm³/mol. The number of hydrogen-bond donors (Lipinski definition) is 0. The Kier molecular flexibility index (Phi) is 2.65. The molecule has 0 amide bonds. The molecule has 13 heavy (non-hydrogen) atoms. The zero-order valence-corrected chi connectivity index (χ0v) is 9.05. The van der Waals surface area contributed by atoms with Crippen LogP contribution in [0.4, 0.5) is 0 Å². The van der Waals surface area contributed by atoms with Crippen molar-refractivity contribution in [2.24, 2.45) is 0 Å². The standard InChI is InChI=1S/C10H16N2S/c1-8(2)12-6-3-4-9(12)10-11-5-7-13-10/h5,7-9H,3-4,6H2,1-2H3/t9-/m1/s1. The second-order valence-electron chi connectivity index (χ2n) is 3.86. The minimum Gasteiger partial charge on any atom is -0.292 e. The van der Waals surface area contributed by atoms with Gasteiger partial charge in [-0.2, -0.15) is 0 Å². The summed E-state index contributed by atoms with van der Waals surface area (Å²) in [5.74, 6) is 0.